The third-order valence-electron chi connectivity index (χ3n) is 11.1. The largest absolute Gasteiger partial charge is 0.393 e. The van der Waals surface area contributed by atoms with E-state index in [4.69, 9.17) is 0 Å². The molecular formula is C28H45NO3. The number of hydrogen-bond donors (Lipinski definition) is 2. The van der Waals surface area contributed by atoms with Crippen molar-refractivity contribution in [2.24, 2.45) is 46.8 Å². The summed E-state index contributed by atoms with van der Waals surface area (Å²) in [4.78, 5) is 15.6. The van der Waals surface area contributed by atoms with Crippen molar-refractivity contribution < 1.29 is 15.0 Å². The highest BCUT2D eigenvalue weighted by atomic mass is 16.3. The van der Waals surface area contributed by atoms with Crippen molar-refractivity contribution in [1.29, 1.82) is 0 Å². The van der Waals surface area contributed by atoms with Crippen molar-refractivity contribution in [2.75, 3.05) is 13.6 Å². The lowest BCUT2D eigenvalue weighted by Gasteiger charge is -2.52. The SMILES string of the molecule is CC1=C2C[C@H]3[C@@H](CC(=O)[C@H]4C[C@@H](O)CC[C@@]43C)[C@@H]2CC[C@H]1[C@@H](C)[C@@H]1[C@H](O)C[C@@H](C)CN1C. The van der Waals surface area contributed by atoms with E-state index < -0.39 is 0 Å². The van der Waals surface area contributed by atoms with Crippen LogP contribution in [0.15, 0.2) is 11.1 Å². The second-order valence-electron chi connectivity index (χ2n) is 12.8. The van der Waals surface area contributed by atoms with Crippen molar-refractivity contribution in [2.45, 2.75) is 97.3 Å². The van der Waals surface area contributed by atoms with Crippen LogP contribution in [0, 0.1) is 46.8 Å². The third-order valence-corrected chi connectivity index (χ3v) is 11.1. The summed E-state index contributed by atoms with van der Waals surface area (Å²) in [5.74, 6) is 3.77. The number of hydrogen-bond acceptors (Lipinski definition) is 4. The van der Waals surface area contributed by atoms with Gasteiger partial charge in [0.2, 0.25) is 0 Å². The molecule has 0 bridgehead atoms. The van der Waals surface area contributed by atoms with Crippen LogP contribution in [0.5, 0.6) is 0 Å². The minimum atomic E-state index is -0.287. The average Bonchev–Trinajstić information content (AvgIpc) is 3.09. The number of aliphatic hydroxyl groups excluding tert-OH is 2. The normalized spacial score (nSPS) is 50.6. The first kappa shape index (κ1) is 23.1. The number of carbonyl (C=O) groups is 1. The van der Waals surface area contributed by atoms with Gasteiger partial charge in [-0.05, 0) is 99.8 Å². The Bertz CT molecular complexity index is 780. The molecule has 0 aromatic rings. The molecule has 1 aliphatic heterocycles. The molecule has 5 rings (SSSR count). The van der Waals surface area contributed by atoms with Crippen LogP contribution in [0.25, 0.3) is 0 Å². The Hall–Kier alpha value is -0.710. The lowest BCUT2D eigenvalue weighted by Crippen LogP contribution is -2.54. The number of piperidine rings is 1. The standard InChI is InChI=1S/C28H45NO3/c1-15-10-26(32)27(29(5)14-15)17(3)19-6-7-20-21(16(19)2)12-23-22(20)13-25(31)24-11-18(30)8-9-28(23,24)4/h15,17-20,22-24,26-27,30,32H,6-14H2,1-5H3/t15-,17-,18+,19-,20-,22+,23+,24-,26-,27-,28-/m1/s1. The van der Waals surface area contributed by atoms with Gasteiger partial charge in [0.15, 0.2) is 0 Å². The second-order valence-corrected chi connectivity index (χ2v) is 12.8. The van der Waals surface area contributed by atoms with Crippen LogP contribution in [0.1, 0.15) is 79.1 Å². The fourth-order valence-corrected chi connectivity index (χ4v) is 9.55. The number of aliphatic hydroxyl groups is 2. The summed E-state index contributed by atoms with van der Waals surface area (Å²) < 4.78 is 0. The van der Waals surface area contributed by atoms with Crippen molar-refractivity contribution in [3.8, 4) is 0 Å². The van der Waals surface area contributed by atoms with Gasteiger partial charge in [0.1, 0.15) is 5.78 Å². The van der Waals surface area contributed by atoms with Gasteiger partial charge < -0.3 is 15.1 Å². The molecule has 0 unspecified atom stereocenters. The van der Waals surface area contributed by atoms with E-state index in [0.717, 1.165) is 32.2 Å². The van der Waals surface area contributed by atoms with Crippen LogP contribution < -0.4 is 0 Å². The van der Waals surface area contributed by atoms with E-state index >= 15 is 0 Å². The number of nitrogens with zero attached hydrogens (tertiary/aromatic N) is 1. The number of rotatable bonds is 2. The predicted molar refractivity (Wildman–Crippen MR) is 127 cm³/mol. The maximum atomic E-state index is 13.2. The van der Waals surface area contributed by atoms with Crippen LogP contribution in [-0.2, 0) is 4.79 Å². The maximum absolute atomic E-state index is 13.2. The molecule has 0 aromatic heterocycles. The van der Waals surface area contributed by atoms with Crippen LogP contribution in [-0.4, -0.2) is 52.7 Å². The molecule has 1 heterocycles. The van der Waals surface area contributed by atoms with Gasteiger partial charge in [0.05, 0.1) is 12.2 Å². The Morgan fingerprint density at radius 1 is 1.12 bits per heavy atom. The summed E-state index contributed by atoms with van der Waals surface area (Å²) in [5, 5.41) is 21.2. The van der Waals surface area contributed by atoms with Gasteiger partial charge in [0, 0.05) is 24.9 Å². The molecule has 180 valence electrons. The highest BCUT2D eigenvalue weighted by molar-refractivity contribution is 5.83. The summed E-state index contributed by atoms with van der Waals surface area (Å²) >= 11 is 0. The summed E-state index contributed by atoms with van der Waals surface area (Å²) in [6, 6.07) is 0.246. The van der Waals surface area contributed by atoms with Crippen molar-refractivity contribution in [3.05, 3.63) is 11.1 Å². The molecule has 4 fully saturated rings. The predicted octanol–water partition coefficient (Wildman–Crippen LogP) is 4.44. The zero-order valence-electron chi connectivity index (χ0n) is 20.9. The van der Waals surface area contributed by atoms with Gasteiger partial charge in [0.25, 0.3) is 0 Å². The van der Waals surface area contributed by atoms with Gasteiger partial charge >= 0.3 is 0 Å². The molecule has 0 radical (unpaired) electrons. The lowest BCUT2D eigenvalue weighted by atomic mass is 9.51. The van der Waals surface area contributed by atoms with E-state index in [-0.39, 0.29) is 29.6 Å². The average molecular weight is 444 g/mol. The van der Waals surface area contributed by atoms with E-state index in [1.807, 2.05) is 0 Å². The fraction of sp³-hybridized carbons (Fsp3) is 0.893. The Kier molecular flexibility index (Phi) is 5.91. The smallest absolute Gasteiger partial charge is 0.136 e. The molecule has 4 aliphatic carbocycles. The number of ketones is 1. The number of likely N-dealkylation sites (N-methyl/N-ethyl adjacent to an activating group) is 1. The minimum absolute atomic E-state index is 0.0660. The maximum Gasteiger partial charge on any atom is 0.136 e. The van der Waals surface area contributed by atoms with Crippen LogP contribution in [0.4, 0.5) is 0 Å². The topological polar surface area (TPSA) is 60.8 Å². The van der Waals surface area contributed by atoms with E-state index in [0.29, 0.717) is 47.7 Å². The molecule has 32 heavy (non-hydrogen) atoms. The first-order valence-electron chi connectivity index (χ1n) is 13.4. The highest BCUT2D eigenvalue weighted by Gasteiger charge is 2.59. The number of allylic oxidation sites excluding steroid dienone is 2. The molecular weight excluding hydrogens is 398 g/mol. The number of Topliss-reactive ketones (excluding diaryl/α,β-unsaturated/α-hetero) is 1. The van der Waals surface area contributed by atoms with Crippen LogP contribution >= 0.6 is 0 Å². The number of likely N-dealkylation sites (tertiary alicyclic amines) is 1. The first-order valence-corrected chi connectivity index (χ1v) is 13.4. The fourth-order valence-electron chi connectivity index (χ4n) is 9.55. The lowest BCUT2D eigenvalue weighted by molar-refractivity contribution is -0.145. The summed E-state index contributed by atoms with van der Waals surface area (Å²) in [5.41, 5.74) is 3.33. The van der Waals surface area contributed by atoms with Gasteiger partial charge in [-0.1, -0.05) is 31.9 Å². The van der Waals surface area contributed by atoms with E-state index in [1.54, 1.807) is 11.1 Å². The van der Waals surface area contributed by atoms with Crippen LogP contribution in [0.3, 0.4) is 0 Å². The van der Waals surface area contributed by atoms with Gasteiger partial charge in [-0.25, -0.2) is 0 Å². The summed E-state index contributed by atoms with van der Waals surface area (Å²) in [7, 11) is 2.20. The highest BCUT2D eigenvalue weighted by Crippen LogP contribution is 2.64. The molecule has 0 amide bonds. The molecule has 0 spiro atoms. The zero-order valence-corrected chi connectivity index (χ0v) is 20.9. The Balaban J connectivity index is 1.41. The number of fused-ring (bicyclic) bond motifs is 5. The molecule has 11 atom stereocenters. The van der Waals surface area contributed by atoms with Crippen molar-refractivity contribution in [3.63, 3.8) is 0 Å². The molecule has 1 saturated heterocycles. The quantitative estimate of drug-likeness (QED) is 0.620. The molecule has 4 nitrogen and oxygen atoms in total. The number of carbonyl (C=O) groups excluding carboxylic acids is 1. The third kappa shape index (κ3) is 3.46. The van der Waals surface area contributed by atoms with E-state index in [1.165, 1.54) is 19.3 Å². The zero-order chi connectivity index (χ0) is 22.9. The van der Waals surface area contributed by atoms with E-state index in [2.05, 4.69) is 39.6 Å². The summed E-state index contributed by atoms with van der Waals surface area (Å²) in [6.07, 6.45) is 7.26. The molecule has 4 heteroatoms. The Morgan fingerprint density at radius 3 is 2.59 bits per heavy atom. The van der Waals surface area contributed by atoms with Gasteiger partial charge in [-0.15, -0.1) is 0 Å². The second kappa shape index (κ2) is 8.20. The summed E-state index contributed by atoms with van der Waals surface area (Å²) in [6.45, 7) is 10.5. The van der Waals surface area contributed by atoms with Crippen LogP contribution in [0.2, 0.25) is 0 Å². The minimum Gasteiger partial charge on any atom is -0.393 e. The van der Waals surface area contributed by atoms with E-state index in [9.17, 15) is 15.0 Å². The van der Waals surface area contributed by atoms with Crippen molar-refractivity contribution in [1.82, 2.24) is 4.90 Å². The molecule has 0 aromatic carbocycles. The molecule has 3 saturated carbocycles. The monoisotopic (exact) mass is 443 g/mol. The molecule has 2 N–H and O–H groups in total. The van der Waals surface area contributed by atoms with Gasteiger partial charge in [-0.2, -0.15) is 0 Å². The Morgan fingerprint density at radius 2 is 1.88 bits per heavy atom. The van der Waals surface area contributed by atoms with Gasteiger partial charge in [-0.3, -0.25) is 4.79 Å². The molecule has 5 aliphatic rings. The first-order chi connectivity index (χ1) is 15.1. The Labute approximate surface area is 194 Å². The van der Waals surface area contributed by atoms with Crippen molar-refractivity contribution >= 4 is 5.78 Å².